The van der Waals surface area contributed by atoms with E-state index in [1.54, 1.807) is 0 Å². The molecular formula is C15H18N4. The summed E-state index contributed by atoms with van der Waals surface area (Å²) in [4.78, 5) is 11.2. The van der Waals surface area contributed by atoms with Crippen molar-refractivity contribution in [3.63, 3.8) is 0 Å². The number of aromatic amines is 2. The maximum atomic E-state index is 5.60. The molecule has 1 unspecified atom stereocenters. The number of imidazole rings is 1. The zero-order chi connectivity index (χ0) is 13.2. The number of para-hydroxylation sites is 1. The topological polar surface area (TPSA) is 70.5 Å². The lowest BCUT2D eigenvalue weighted by atomic mass is 10.1. The molecular weight excluding hydrogens is 236 g/mol. The van der Waals surface area contributed by atoms with E-state index in [2.05, 4.69) is 34.0 Å². The summed E-state index contributed by atoms with van der Waals surface area (Å²) in [6, 6.07) is 8.27. The molecule has 2 heterocycles. The highest BCUT2D eigenvalue weighted by Gasteiger charge is 2.12. The first kappa shape index (κ1) is 12.0. The molecule has 98 valence electrons. The Morgan fingerprint density at radius 1 is 1.32 bits per heavy atom. The number of nitrogens with one attached hydrogen (secondary N) is 2. The highest BCUT2D eigenvalue weighted by atomic mass is 14.9. The number of benzene rings is 1. The number of hydrogen-bond donors (Lipinski definition) is 3. The van der Waals surface area contributed by atoms with Crippen LogP contribution in [0, 0.1) is 0 Å². The van der Waals surface area contributed by atoms with Crippen molar-refractivity contribution in [1.29, 1.82) is 0 Å². The monoisotopic (exact) mass is 254 g/mol. The molecule has 0 aliphatic rings. The lowest BCUT2D eigenvalue weighted by molar-refractivity contribution is 0.655. The second kappa shape index (κ2) is 4.90. The summed E-state index contributed by atoms with van der Waals surface area (Å²) in [6.45, 7) is 2.83. The Balaban J connectivity index is 1.98. The predicted octanol–water partition coefficient (Wildman–Crippen LogP) is 3.01. The Morgan fingerprint density at radius 2 is 2.16 bits per heavy atom. The van der Waals surface area contributed by atoms with Gasteiger partial charge in [0.1, 0.15) is 5.82 Å². The van der Waals surface area contributed by atoms with Crippen molar-refractivity contribution in [3.05, 3.63) is 42.5 Å². The van der Waals surface area contributed by atoms with Crippen molar-refractivity contribution in [1.82, 2.24) is 15.0 Å². The molecule has 0 saturated carbocycles. The summed E-state index contributed by atoms with van der Waals surface area (Å²) in [6.07, 6.45) is 4.87. The molecule has 0 fully saturated rings. The summed E-state index contributed by atoms with van der Waals surface area (Å²) in [5.41, 5.74) is 8.95. The van der Waals surface area contributed by atoms with Crippen LogP contribution in [0.25, 0.3) is 22.2 Å². The number of aromatic nitrogens is 3. The molecule has 0 bridgehead atoms. The smallest absolute Gasteiger partial charge is 0.109 e. The molecule has 1 atom stereocenters. The third-order valence-electron chi connectivity index (χ3n) is 3.54. The second-order valence-electron chi connectivity index (χ2n) is 4.91. The average Bonchev–Trinajstić information content (AvgIpc) is 3.05. The molecule has 3 aromatic rings. The van der Waals surface area contributed by atoms with Gasteiger partial charge in [-0.25, -0.2) is 4.98 Å². The van der Waals surface area contributed by atoms with Crippen molar-refractivity contribution < 1.29 is 0 Å². The third-order valence-corrected chi connectivity index (χ3v) is 3.54. The van der Waals surface area contributed by atoms with Gasteiger partial charge in [0.05, 0.1) is 11.9 Å². The van der Waals surface area contributed by atoms with Crippen LogP contribution in [-0.4, -0.2) is 21.5 Å². The molecule has 4 heteroatoms. The molecule has 2 aromatic heterocycles. The van der Waals surface area contributed by atoms with Crippen LogP contribution in [0.3, 0.4) is 0 Å². The van der Waals surface area contributed by atoms with Gasteiger partial charge in [-0.3, -0.25) is 0 Å². The van der Waals surface area contributed by atoms with Crippen molar-refractivity contribution in [2.24, 2.45) is 5.73 Å². The fourth-order valence-electron chi connectivity index (χ4n) is 2.41. The molecule has 19 heavy (non-hydrogen) atoms. The van der Waals surface area contributed by atoms with Crippen LogP contribution in [0.15, 0.2) is 36.7 Å². The van der Waals surface area contributed by atoms with E-state index < -0.39 is 0 Å². The standard InChI is InChI=1S/C15H18N4/c1-10(6-7-16)15-18-9-14(19-15)12-8-17-13-5-3-2-4-11(12)13/h2-5,8-10,17H,6-7,16H2,1H3,(H,18,19). The van der Waals surface area contributed by atoms with E-state index in [0.717, 1.165) is 29.0 Å². The summed E-state index contributed by atoms with van der Waals surface area (Å²) < 4.78 is 0. The molecule has 4 N–H and O–H groups in total. The van der Waals surface area contributed by atoms with Gasteiger partial charge < -0.3 is 15.7 Å². The summed E-state index contributed by atoms with van der Waals surface area (Å²) >= 11 is 0. The van der Waals surface area contributed by atoms with Crippen molar-refractivity contribution in [2.75, 3.05) is 6.54 Å². The minimum Gasteiger partial charge on any atom is -0.360 e. The van der Waals surface area contributed by atoms with Crippen LogP contribution in [0.5, 0.6) is 0 Å². The van der Waals surface area contributed by atoms with Gasteiger partial charge in [-0.15, -0.1) is 0 Å². The summed E-state index contributed by atoms with van der Waals surface area (Å²) in [5, 5.41) is 1.21. The Kier molecular flexibility index (Phi) is 3.09. The van der Waals surface area contributed by atoms with Crippen LogP contribution in [-0.2, 0) is 0 Å². The van der Waals surface area contributed by atoms with E-state index in [9.17, 15) is 0 Å². The Morgan fingerprint density at radius 3 is 3.00 bits per heavy atom. The van der Waals surface area contributed by atoms with Gasteiger partial charge in [0.2, 0.25) is 0 Å². The second-order valence-corrected chi connectivity index (χ2v) is 4.91. The largest absolute Gasteiger partial charge is 0.360 e. The average molecular weight is 254 g/mol. The molecule has 3 rings (SSSR count). The summed E-state index contributed by atoms with van der Waals surface area (Å²) in [5.74, 6) is 1.37. The van der Waals surface area contributed by atoms with E-state index in [4.69, 9.17) is 5.73 Å². The van der Waals surface area contributed by atoms with Crippen molar-refractivity contribution in [3.8, 4) is 11.3 Å². The first-order valence-corrected chi connectivity index (χ1v) is 6.61. The maximum Gasteiger partial charge on any atom is 0.109 e. The zero-order valence-corrected chi connectivity index (χ0v) is 11.0. The van der Waals surface area contributed by atoms with Crippen molar-refractivity contribution in [2.45, 2.75) is 19.3 Å². The van der Waals surface area contributed by atoms with Gasteiger partial charge in [-0.05, 0) is 19.0 Å². The molecule has 4 nitrogen and oxygen atoms in total. The summed E-state index contributed by atoms with van der Waals surface area (Å²) in [7, 11) is 0. The van der Waals surface area contributed by atoms with Crippen LogP contribution >= 0.6 is 0 Å². The van der Waals surface area contributed by atoms with Gasteiger partial charge in [0, 0.05) is 28.6 Å². The normalized spacial score (nSPS) is 12.9. The van der Waals surface area contributed by atoms with Gasteiger partial charge >= 0.3 is 0 Å². The molecule has 0 spiro atoms. The lowest BCUT2D eigenvalue weighted by Crippen LogP contribution is -2.05. The minimum atomic E-state index is 0.365. The van der Waals surface area contributed by atoms with E-state index in [0.29, 0.717) is 12.5 Å². The number of H-pyrrole nitrogens is 2. The van der Waals surface area contributed by atoms with E-state index in [1.165, 1.54) is 5.39 Å². The molecule has 0 amide bonds. The van der Waals surface area contributed by atoms with Gasteiger partial charge in [-0.1, -0.05) is 25.1 Å². The van der Waals surface area contributed by atoms with Crippen molar-refractivity contribution >= 4 is 10.9 Å². The molecule has 0 aliphatic heterocycles. The molecule has 0 saturated heterocycles. The fraction of sp³-hybridized carbons (Fsp3) is 0.267. The van der Waals surface area contributed by atoms with Crippen LogP contribution in [0.4, 0.5) is 0 Å². The SMILES string of the molecule is CC(CCN)c1ncc(-c2c[nH]c3ccccc23)[nH]1. The highest BCUT2D eigenvalue weighted by molar-refractivity contribution is 5.94. The predicted molar refractivity (Wildman–Crippen MR) is 78.0 cm³/mol. The lowest BCUT2D eigenvalue weighted by Gasteiger charge is -2.05. The van der Waals surface area contributed by atoms with Crippen LogP contribution < -0.4 is 5.73 Å². The van der Waals surface area contributed by atoms with Gasteiger partial charge in [-0.2, -0.15) is 0 Å². The third kappa shape index (κ3) is 2.15. The Hall–Kier alpha value is -2.07. The van der Waals surface area contributed by atoms with Crippen LogP contribution in [0.2, 0.25) is 0 Å². The number of nitrogens with zero attached hydrogens (tertiary/aromatic N) is 1. The molecule has 0 radical (unpaired) electrons. The maximum absolute atomic E-state index is 5.60. The Bertz CT molecular complexity index is 680. The van der Waals surface area contributed by atoms with E-state index in [-0.39, 0.29) is 0 Å². The van der Waals surface area contributed by atoms with E-state index in [1.807, 2.05) is 24.5 Å². The number of hydrogen-bond acceptors (Lipinski definition) is 2. The Labute approximate surface area is 112 Å². The molecule has 0 aliphatic carbocycles. The quantitative estimate of drug-likeness (QED) is 0.669. The fourth-order valence-corrected chi connectivity index (χ4v) is 2.41. The highest BCUT2D eigenvalue weighted by Crippen LogP contribution is 2.28. The van der Waals surface area contributed by atoms with E-state index >= 15 is 0 Å². The minimum absolute atomic E-state index is 0.365. The van der Waals surface area contributed by atoms with Crippen LogP contribution in [0.1, 0.15) is 25.1 Å². The number of nitrogens with two attached hydrogens (primary N) is 1. The molecule has 1 aromatic carbocycles. The first-order valence-electron chi connectivity index (χ1n) is 6.61. The number of rotatable bonds is 4. The van der Waals surface area contributed by atoms with Gasteiger partial charge in [0.15, 0.2) is 0 Å². The first-order chi connectivity index (χ1) is 9.29. The van der Waals surface area contributed by atoms with Gasteiger partial charge in [0.25, 0.3) is 0 Å². The number of fused-ring (bicyclic) bond motifs is 1. The zero-order valence-electron chi connectivity index (χ0n) is 11.0.